The van der Waals surface area contributed by atoms with E-state index in [2.05, 4.69) is 40.0 Å². The quantitative estimate of drug-likeness (QED) is 0.333. The number of benzene rings is 1. The largest absolute Gasteiger partial charge is 0.385 e. The SMILES string of the molecule is CCNC(=NCC1(CCOC)CCC1)NCCNc1ccc2ccccc2n1. The number of hydrogen-bond donors (Lipinski definition) is 3. The van der Waals surface area contributed by atoms with Crippen molar-refractivity contribution in [3.8, 4) is 0 Å². The Morgan fingerprint density at radius 2 is 2.00 bits per heavy atom. The molecule has 1 aliphatic rings. The number of aromatic nitrogens is 1. The standard InChI is InChI=1S/C22H33N5O/c1-3-23-21(26-17-22(11-6-12-22)13-16-28-2)25-15-14-24-20-10-9-18-7-4-5-8-19(18)27-20/h4-5,7-10H,3,6,11-17H2,1-2H3,(H,24,27)(H2,23,25,26). The van der Waals surface area contributed by atoms with Crippen molar-refractivity contribution in [1.29, 1.82) is 0 Å². The lowest BCUT2D eigenvalue weighted by molar-refractivity contribution is 0.0778. The first-order valence-electron chi connectivity index (χ1n) is 10.4. The highest BCUT2D eigenvalue weighted by Gasteiger charge is 2.36. The number of methoxy groups -OCH3 is 1. The number of guanidine groups is 1. The molecule has 0 aliphatic heterocycles. The highest BCUT2D eigenvalue weighted by atomic mass is 16.5. The molecule has 0 amide bonds. The number of rotatable bonds is 10. The third-order valence-electron chi connectivity index (χ3n) is 5.49. The van der Waals surface area contributed by atoms with Gasteiger partial charge in [-0.3, -0.25) is 4.99 Å². The van der Waals surface area contributed by atoms with Crippen LogP contribution in [0, 0.1) is 5.41 Å². The minimum atomic E-state index is 0.339. The summed E-state index contributed by atoms with van der Waals surface area (Å²) < 4.78 is 5.28. The Morgan fingerprint density at radius 3 is 2.75 bits per heavy atom. The van der Waals surface area contributed by atoms with Gasteiger partial charge in [0, 0.05) is 45.3 Å². The minimum absolute atomic E-state index is 0.339. The van der Waals surface area contributed by atoms with Crippen molar-refractivity contribution >= 4 is 22.7 Å². The van der Waals surface area contributed by atoms with Gasteiger partial charge in [-0.05, 0) is 49.8 Å². The van der Waals surface area contributed by atoms with Gasteiger partial charge in [0.05, 0.1) is 5.52 Å². The second-order valence-electron chi connectivity index (χ2n) is 7.53. The summed E-state index contributed by atoms with van der Waals surface area (Å²) in [4.78, 5) is 9.49. The van der Waals surface area contributed by atoms with Crippen molar-refractivity contribution in [1.82, 2.24) is 15.6 Å². The summed E-state index contributed by atoms with van der Waals surface area (Å²) in [6, 6.07) is 12.3. The highest BCUT2D eigenvalue weighted by molar-refractivity contribution is 5.80. The Bertz CT molecular complexity index is 772. The van der Waals surface area contributed by atoms with Crippen LogP contribution >= 0.6 is 0 Å². The minimum Gasteiger partial charge on any atom is -0.385 e. The number of fused-ring (bicyclic) bond motifs is 1. The molecular formula is C22H33N5O. The third-order valence-corrected chi connectivity index (χ3v) is 5.49. The average Bonchev–Trinajstić information content (AvgIpc) is 2.70. The smallest absolute Gasteiger partial charge is 0.191 e. The molecule has 6 heteroatoms. The van der Waals surface area contributed by atoms with Gasteiger partial charge in [0.2, 0.25) is 0 Å². The maximum Gasteiger partial charge on any atom is 0.191 e. The first kappa shape index (κ1) is 20.4. The number of ether oxygens (including phenoxy) is 1. The normalized spacial score (nSPS) is 15.9. The van der Waals surface area contributed by atoms with Gasteiger partial charge >= 0.3 is 0 Å². The molecule has 3 rings (SSSR count). The monoisotopic (exact) mass is 383 g/mol. The molecule has 6 nitrogen and oxygen atoms in total. The molecule has 152 valence electrons. The van der Waals surface area contributed by atoms with Crippen LogP contribution in [0.25, 0.3) is 10.9 Å². The summed E-state index contributed by atoms with van der Waals surface area (Å²) >= 11 is 0. The van der Waals surface area contributed by atoms with Crippen LogP contribution in [-0.2, 0) is 4.74 Å². The Kier molecular flexibility index (Phi) is 7.48. The second kappa shape index (κ2) is 10.3. The summed E-state index contributed by atoms with van der Waals surface area (Å²) in [5.74, 6) is 1.79. The predicted octanol–water partition coefficient (Wildman–Crippen LogP) is 3.41. The number of nitrogens with one attached hydrogen (secondary N) is 3. The fourth-order valence-corrected chi connectivity index (χ4v) is 3.61. The first-order valence-corrected chi connectivity index (χ1v) is 10.4. The third kappa shape index (κ3) is 5.58. The molecule has 0 saturated heterocycles. The topological polar surface area (TPSA) is 70.6 Å². The Balaban J connectivity index is 1.47. The zero-order valence-corrected chi connectivity index (χ0v) is 17.1. The Morgan fingerprint density at radius 1 is 1.14 bits per heavy atom. The Hall–Kier alpha value is -2.34. The molecule has 0 spiro atoms. The lowest BCUT2D eigenvalue weighted by Gasteiger charge is -2.40. The Labute approximate surface area is 168 Å². The second-order valence-corrected chi connectivity index (χ2v) is 7.53. The van der Waals surface area contributed by atoms with Crippen molar-refractivity contribution in [2.24, 2.45) is 10.4 Å². The van der Waals surface area contributed by atoms with Crippen LogP contribution in [0.2, 0.25) is 0 Å². The van der Waals surface area contributed by atoms with Crippen molar-refractivity contribution in [2.45, 2.75) is 32.6 Å². The predicted molar refractivity (Wildman–Crippen MR) is 117 cm³/mol. The number of aliphatic imine (C=N–C) groups is 1. The van der Waals surface area contributed by atoms with E-state index in [-0.39, 0.29) is 0 Å². The number of pyridine rings is 1. The fourth-order valence-electron chi connectivity index (χ4n) is 3.61. The molecule has 1 aliphatic carbocycles. The molecule has 0 radical (unpaired) electrons. The van der Waals surface area contributed by atoms with Crippen LogP contribution in [0.5, 0.6) is 0 Å². The first-order chi connectivity index (χ1) is 13.7. The molecule has 1 aromatic heterocycles. The summed E-state index contributed by atoms with van der Waals surface area (Å²) in [6.07, 6.45) is 4.93. The van der Waals surface area contributed by atoms with E-state index in [0.717, 1.165) is 61.9 Å². The zero-order valence-electron chi connectivity index (χ0n) is 17.1. The molecule has 0 unspecified atom stereocenters. The lowest BCUT2D eigenvalue weighted by Crippen LogP contribution is -2.41. The molecule has 1 aromatic carbocycles. The van der Waals surface area contributed by atoms with Gasteiger partial charge in [0.1, 0.15) is 5.82 Å². The van der Waals surface area contributed by atoms with Gasteiger partial charge in [0.15, 0.2) is 5.96 Å². The van der Waals surface area contributed by atoms with Crippen molar-refractivity contribution in [3.05, 3.63) is 36.4 Å². The lowest BCUT2D eigenvalue weighted by atomic mass is 9.67. The van der Waals surface area contributed by atoms with Gasteiger partial charge in [-0.15, -0.1) is 0 Å². The van der Waals surface area contributed by atoms with E-state index in [1.165, 1.54) is 19.3 Å². The zero-order chi connectivity index (χ0) is 19.7. The molecule has 0 bridgehead atoms. The van der Waals surface area contributed by atoms with E-state index < -0.39 is 0 Å². The van der Waals surface area contributed by atoms with E-state index >= 15 is 0 Å². The number of para-hydroxylation sites is 1. The van der Waals surface area contributed by atoms with Crippen LogP contribution in [0.1, 0.15) is 32.6 Å². The van der Waals surface area contributed by atoms with Crippen LogP contribution in [-0.4, -0.2) is 50.8 Å². The van der Waals surface area contributed by atoms with Crippen LogP contribution < -0.4 is 16.0 Å². The summed E-state index contributed by atoms with van der Waals surface area (Å²) in [7, 11) is 1.78. The van der Waals surface area contributed by atoms with Crippen molar-refractivity contribution in [3.63, 3.8) is 0 Å². The van der Waals surface area contributed by atoms with Gasteiger partial charge in [-0.25, -0.2) is 4.98 Å². The molecule has 2 aromatic rings. The maximum atomic E-state index is 5.28. The number of nitrogens with zero attached hydrogens (tertiary/aromatic N) is 2. The summed E-state index contributed by atoms with van der Waals surface area (Å²) in [5, 5.41) is 11.3. The highest BCUT2D eigenvalue weighted by Crippen LogP contribution is 2.44. The average molecular weight is 384 g/mol. The number of anilines is 1. The van der Waals surface area contributed by atoms with Crippen LogP contribution in [0.4, 0.5) is 5.82 Å². The van der Waals surface area contributed by atoms with Crippen molar-refractivity contribution < 1.29 is 4.74 Å². The molecule has 3 N–H and O–H groups in total. The van der Waals surface area contributed by atoms with Gasteiger partial charge in [-0.2, -0.15) is 0 Å². The van der Waals surface area contributed by atoms with Crippen molar-refractivity contribution in [2.75, 3.05) is 45.2 Å². The van der Waals surface area contributed by atoms with E-state index in [1.807, 2.05) is 24.3 Å². The summed E-state index contributed by atoms with van der Waals surface area (Å²) in [6.45, 7) is 6.21. The van der Waals surface area contributed by atoms with E-state index in [4.69, 9.17) is 9.73 Å². The van der Waals surface area contributed by atoms with Crippen LogP contribution in [0.15, 0.2) is 41.4 Å². The van der Waals surface area contributed by atoms with Gasteiger partial charge < -0.3 is 20.7 Å². The van der Waals surface area contributed by atoms with E-state index in [1.54, 1.807) is 7.11 Å². The number of hydrogen-bond acceptors (Lipinski definition) is 4. The molecule has 1 saturated carbocycles. The van der Waals surface area contributed by atoms with Gasteiger partial charge in [0.25, 0.3) is 0 Å². The summed E-state index contributed by atoms with van der Waals surface area (Å²) in [5.41, 5.74) is 1.35. The molecule has 1 fully saturated rings. The van der Waals surface area contributed by atoms with E-state index in [9.17, 15) is 0 Å². The maximum absolute atomic E-state index is 5.28. The fraction of sp³-hybridized carbons (Fsp3) is 0.545. The molecule has 1 heterocycles. The van der Waals surface area contributed by atoms with E-state index in [0.29, 0.717) is 5.41 Å². The molecule has 0 atom stereocenters. The van der Waals surface area contributed by atoms with Crippen LogP contribution in [0.3, 0.4) is 0 Å². The molecule has 28 heavy (non-hydrogen) atoms. The van der Waals surface area contributed by atoms with Gasteiger partial charge in [-0.1, -0.05) is 24.6 Å². The molecular weight excluding hydrogens is 350 g/mol.